The molecule has 0 bridgehead atoms. The van der Waals surface area contributed by atoms with Crippen LogP contribution in [-0.4, -0.2) is 75.1 Å². The number of carbonyl (C=O) groups is 3. The van der Waals surface area contributed by atoms with Crippen LogP contribution in [0, 0.1) is 11.8 Å². The minimum Gasteiger partial charge on any atom is -0.464 e. The number of rotatable bonds is 20. The highest BCUT2D eigenvalue weighted by Gasteiger charge is 2.39. The third kappa shape index (κ3) is 17.8. The van der Waals surface area contributed by atoms with Crippen LogP contribution in [0.2, 0.25) is 0 Å². The first kappa shape index (κ1) is 38.4. The minimum atomic E-state index is -4.69. The van der Waals surface area contributed by atoms with Crippen molar-refractivity contribution in [3.8, 4) is 0 Å². The van der Waals surface area contributed by atoms with Gasteiger partial charge in [-0.15, -0.1) is 4.76 Å². The van der Waals surface area contributed by atoms with Crippen LogP contribution >= 0.6 is 7.75 Å². The predicted octanol–water partition coefficient (Wildman–Crippen LogP) is 5.59. The highest BCUT2D eigenvalue weighted by atomic mass is 31.2. The second-order valence-electron chi connectivity index (χ2n) is 9.93. The van der Waals surface area contributed by atoms with Gasteiger partial charge in [-0.3, -0.25) is 4.79 Å². The van der Waals surface area contributed by atoms with Crippen LogP contribution in [0.15, 0.2) is 4.76 Å². The van der Waals surface area contributed by atoms with Crippen molar-refractivity contribution in [2.24, 2.45) is 22.3 Å². The first-order valence-corrected chi connectivity index (χ1v) is 15.6. The van der Waals surface area contributed by atoms with Crippen LogP contribution in [0.3, 0.4) is 0 Å². The molecule has 0 aliphatic heterocycles. The van der Waals surface area contributed by atoms with Gasteiger partial charge in [0, 0.05) is 18.9 Å². The molecule has 0 spiro atoms. The topological polar surface area (TPSA) is 175 Å². The van der Waals surface area contributed by atoms with Crippen molar-refractivity contribution in [2.45, 2.75) is 99.6 Å². The molecule has 15 heteroatoms. The highest BCUT2D eigenvalue weighted by Crippen LogP contribution is 2.54. The maximum absolute atomic E-state index is 14.0. The molecule has 41 heavy (non-hydrogen) atoms. The minimum absolute atomic E-state index is 0.127. The fraction of sp³-hybridized carbons (Fsp3) is 0.846. The Morgan fingerprint density at radius 2 is 1.15 bits per heavy atom. The van der Waals surface area contributed by atoms with E-state index in [1.54, 1.807) is 27.7 Å². The van der Waals surface area contributed by atoms with Gasteiger partial charge >= 0.3 is 26.0 Å². The highest BCUT2D eigenvalue weighted by molar-refractivity contribution is 7.52. The van der Waals surface area contributed by atoms with E-state index in [1.165, 1.54) is 11.9 Å². The Bertz CT molecular complexity index is 813. The summed E-state index contributed by atoms with van der Waals surface area (Å²) in [6, 6.07) is 0. The van der Waals surface area contributed by atoms with Crippen LogP contribution < -0.4 is 5.73 Å². The number of ether oxygens (including phenoxy) is 5. The van der Waals surface area contributed by atoms with Gasteiger partial charge in [0.25, 0.3) is 0 Å². The lowest BCUT2D eigenvalue weighted by Gasteiger charge is -2.28. The average Bonchev–Trinajstić information content (AvgIpc) is 2.88. The first-order valence-electron chi connectivity index (χ1n) is 14.1. The van der Waals surface area contributed by atoms with E-state index in [0.717, 1.165) is 19.3 Å². The van der Waals surface area contributed by atoms with Crippen molar-refractivity contribution in [1.82, 2.24) is 4.90 Å². The molecule has 2 N–H and O–H groups in total. The summed E-state index contributed by atoms with van der Waals surface area (Å²) in [7, 11) is -3.27. The van der Waals surface area contributed by atoms with Gasteiger partial charge in [-0.2, -0.15) is 0 Å². The van der Waals surface area contributed by atoms with E-state index in [2.05, 4.69) is 4.76 Å². The smallest absolute Gasteiger partial charge is 0.464 e. The quantitative estimate of drug-likeness (QED) is 0.0343. The van der Waals surface area contributed by atoms with Gasteiger partial charge in [0.15, 0.2) is 0 Å². The van der Waals surface area contributed by atoms with E-state index in [1.807, 2.05) is 20.8 Å². The van der Waals surface area contributed by atoms with E-state index in [4.69, 9.17) is 38.5 Å². The molecule has 0 amide bonds. The number of guanidine groups is 1. The standard InChI is InChI=1S/C26H50N3O11P/c1-9-12-15-34-21(30)18-29(8)24(27)28-41(33,39-22(19(4)5)37-25(31)35-16-13-10-2)40-23(20(6)7)38-26(32)36-17-14-11-3/h19-20,22-23H,9-18H2,1-8H3,(H2,27,28,33). The van der Waals surface area contributed by atoms with Crippen molar-refractivity contribution >= 4 is 32.0 Å². The summed E-state index contributed by atoms with van der Waals surface area (Å²) in [6.07, 6.45) is -0.574. The fourth-order valence-electron chi connectivity index (χ4n) is 2.60. The average molecular weight is 612 g/mol. The summed E-state index contributed by atoms with van der Waals surface area (Å²) < 4.78 is 54.8. The summed E-state index contributed by atoms with van der Waals surface area (Å²) in [5.41, 5.74) is 6.05. The number of unbranched alkanes of at least 4 members (excludes halogenated alkanes) is 3. The van der Waals surface area contributed by atoms with Crippen molar-refractivity contribution in [3.05, 3.63) is 0 Å². The Labute approximate surface area is 244 Å². The largest absolute Gasteiger partial charge is 0.510 e. The summed E-state index contributed by atoms with van der Waals surface area (Å²) in [5.74, 6) is -2.05. The monoisotopic (exact) mass is 611 g/mol. The molecule has 0 saturated carbocycles. The second-order valence-corrected chi connectivity index (χ2v) is 11.5. The molecule has 0 aliphatic rings. The Balaban J connectivity index is 6.03. The van der Waals surface area contributed by atoms with Crippen LogP contribution in [0.5, 0.6) is 0 Å². The third-order valence-corrected chi connectivity index (χ3v) is 6.56. The van der Waals surface area contributed by atoms with Gasteiger partial charge in [-0.25, -0.2) is 23.2 Å². The summed E-state index contributed by atoms with van der Waals surface area (Å²) >= 11 is 0. The van der Waals surface area contributed by atoms with Gasteiger partial charge in [0.1, 0.15) is 6.54 Å². The Morgan fingerprint density at radius 1 is 0.756 bits per heavy atom. The van der Waals surface area contributed by atoms with Gasteiger partial charge in [-0.05, 0) is 19.3 Å². The van der Waals surface area contributed by atoms with Crippen molar-refractivity contribution in [2.75, 3.05) is 33.4 Å². The number of nitrogens with zero attached hydrogens (tertiary/aromatic N) is 2. The second kappa shape index (κ2) is 21.2. The molecular formula is C26H50N3O11P. The van der Waals surface area contributed by atoms with E-state index >= 15 is 0 Å². The lowest BCUT2D eigenvalue weighted by atomic mass is 10.2. The van der Waals surface area contributed by atoms with Gasteiger partial charge in [0.2, 0.25) is 18.5 Å². The van der Waals surface area contributed by atoms with E-state index in [-0.39, 0.29) is 26.4 Å². The van der Waals surface area contributed by atoms with Gasteiger partial charge in [-0.1, -0.05) is 67.7 Å². The Morgan fingerprint density at radius 3 is 1.51 bits per heavy atom. The van der Waals surface area contributed by atoms with Crippen molar-refractivity contribution in [3.63, 3.8) is 0 Å². The number of carbonyl (C=O) groups excluding carboxylic acids is 3. The number of hydrogen-bond acceptors (Lipinski definition) is 11. The third-order valence-electron chi connectivity index (χ3n) is 5.17. The van der Waals surface area contributed by atoms with Crippen LogP contribution in [0.1, 0.15) is 87.0 Å². The van der Waals surface area contributed by atoms with Gasteiger partial charge in [0.05, 0.1) is 19.8 Å². The molecule has 2 unspecified atom stereocenters. The lowest BCUT2D eigenvalue weighted by Crippen LogP contribution is -2.38. The van der Waals surface area contributed by atoms with Crippen LogP contribution in [0.25, 0.3) is 0 Å². The summed E-state index contributed by atoms with van der Waals surface area (Å²) in [6.45, 7) is 12.6. The molecule has 0 aromatic rings. The molecular weight excluding hydrogens is 561 g/mol. The number of nitrogens with two attached hydrogens (primary N) is 1. The Hall–Kier alpha value is -2.57. The zero-order valence-corrected chi connectivity index (χ0v) is 26.7. The van der Waals surface area contributed by atoms with Crippen molar-refractivity contribution < 1.29 is 51.7 Å². The molecule has 0 aromatic carbocycles. The number of hydrogen-bond donors (Lipinski definition) is 1. The molecule has 0 aliphatic carbocycles. The maximum atomic E-state index is 14.0. The van der Waals surface area contributed by atoms with E-state index < -0.39 is 56.4 Å². The van der Waals surface area contributed by atoms with Gasteiger partial charge < -0.3 is 34.3 Å². The SMILES string of the molecule is CCCCOC(=O)CN(C)/C(N)=N/P(=O)(OC(OC(=O)OCCCC)C(C)C)OC(OC(=O)OCCCC)C(C)C. The van der Waals surface area contributed by atoms with E-state index in [0.29, 0.717) is 19.3 Å². The molecule has 0 saturated heterocycles. The molecule has 0 heterocycles. The normalized spacial score (nSPS) is 14.6. The molecule has 0 aromatic heterocycles. The molecule has 240 valence electrons. The molecule has 14 nitrogen and oxygen atoms in total. The molecule has 2 atom stereocenters. The maximum Gasteiger partial charge on any atom is 0.510 e. The molecule has 0 radical (unpaired) electrons. The summed E-state index contributed by atoms with van der Waals surface area (Å²) in [5, 5.41) is 0. The molecule has 0 rings (SSSR count). The van der Waals surface area contributed by atoms with Crippen molar-refractivity contribution in [1.29, 1.82) is 0 Å². The zero-order valence-electron chi connectivity index (χ0n) is 25.8. The fourth-order valence-corrected chi connectivity index (χ4v) is 4.25. The predicted molar refractivity (Wildman–Crippen MR) is 152 cm³/mol. The molecule has 0 fully saturated rings. The van der Waals surface area contributed by atoms with E-state index in [9.17, 15) is 18.9 Å². The van der Waals surface area contributed by atoms with Crippen LogP contribution in [-0.2, 0) is 42.1 Å². The number of esters is 1. The number of likely N-dealkylation sites (N-methyl/N-ethyl adjacent to an activating group) is 1. The summed E-state index contributed by atoms with van der Waals surface area (Å²) in [4.78, 5) is 37.8. The zero-order chi connectivity index (χ0) is 31.4. The lowest BCUT2D eigenvalue weighted by molar-refractivity contribution is -0.144. The Kier molecular flexibility index (Phi) is 19.9. The van der Waals surface area contributed by atoms with Crippen LogP contribution in [0.4, 0.5) is 9.59 Å². The first-order chi connectivity index (χ1) is 19.3.